The fourth-order valence-corrected chi connectivity index (χ4v) is 2.39. The van der Waals surface area contributed by atoms with Gasteiger partial charge in [-0.25, -0.2) is 4.79 Å². The van der Waals surface area contributed by atoms with Crippen LogP contribution in [0, 0.1) is 0 Å². The van der Waals surface area contributed by atoms with Crippen molar-refractivity contribution < 1.29 is 9.53 Å². The number of ether oxygens (including phenoxy) is 1. The molecule has 1 heterocycles. The number of morpholine rings is 1. The summed E-state index contributed by atoms with van der Waals surface area (Å²) >= 11 is 0. The lowest BCUT2D eigenvalue weighted by molar-refractivity contribution is 0.122. The summed E-state index contributed by atoms with van der Waals surface area (Å²) in [5.41, 5.74) is 2.69. The normalized spacial score (nSPS) is 14.5. The van der Waals surface area contributed by atoms with Crippen LogP contribution in [0.25, 0.3) is 0 Å². The van der Waals surface area contributed by atoms with Gasteiger partial charge in [-0.3, -0.25) is 0 Å². The lowest BCUT2D eigenvalue weighted by Gasteiger charge is -2.28. The fraction of sp³-hybridized carbons (Fsp3) is 0.235. The summed E-state index contributed by atoms with van der Waals surface area (Å²) in [5, 5.41) is 5.62. The van der Waals surface area contributed by atoms with Gasteiger partial charge in [0, 0.05) is 30.2 Å². The molecule has 1 aliphatic heterocycles. The number of anilines is 3. The van der Waals surface area contributed by atoms with Crippen LogP contribution in [0.15, 0.2) is 54.6 Å². The summed E-state index contributed by atoms with van der Waals surface area (Å²) in [6, 6.07) is 17.0. The molecule has 0 spiro atoms. The van der Waals surface area contributed by atoms with Gasteiger partial charge < -0.3 is 20.3 Å². The van der Waals surface area contributed by atoms with Crippen molar-refractivity contribution in [3.8, 4) is 0 Å². The molecule has 0 unspecified atom stereocenters. The Bertz CT molecular complexity index is 608. The molecule has 22 heavy (non-hydrogen) atoms. The number of hydrogen-bond acceptors (Lipinski definition) is 3. The van der Waals surface area contributed by atoms with Gasteiger partial charge in [-0.15, -0.1) is 0 Å². The molecule has 0 aromatic heterocycles. The number of nitrogens with one attached hydrogen (secondary N) is 2. The largest absolute Gasteiger partial charge is 0.378 e. The molecule has 5 heteroatoms. The molecule has 114 valence electrons. The van der Waals surface area contributed by atoms with Crippen LogP contribution >= 0.6 is 0 Å². The number of rotatable bonds is 3. The smallest absolute Gasteiger partial charge is 0.323 e. The first-order valence-electron chi connectivity index (χ1n) is 7.37. The Balaban J connectivity index is 1.57. The minimum Gasteiger partial charge on any atom is -0.378 e. The molecule has 1 saturated heterocycles. The molecule has 1 aliphatic rings. The van der Waals surface area contributed by atoms with Gasteiger partial charge in [0.25, 0.3) is 0 Å². The van der Waals surface area contributed by atoms with Crippen LogP contribution in [0.1, 0.15) is 0 Å². The molecular formula is C17H19N3O2. The molecule has 0 radical (unpaired) electrons. The summed E-state index contributed by atoms with van der Waals surface area (Å²) < 4.78 is 5.35. The Morgan fingerprint density at radius 3 is 2.09 bits per heavy atom. The molecule has 2 amide bonds. The standard InChI is InChI=1S/C17H19N3O2/c21-17(18-14-4-2-1-3-5-14)19-15-6-8-16(9-7-15)20-10-12-22-13-11-20/h1-9H,10-13H2,(H2,18,19,21). The summed E-state index contributed by atoms with van der Waals surface area (Å²) in [4.78, 5) is 14.2. The van der Waals surface area contributed by atoms with E-state index in [0.717, 1.165) is 43.4 Å². The van der Waals surface area contributed by atoms with Crippen molar-refractivity contribution in [1.82, 2.24) is 0 Å². The Labute approximate surface area is 129 Å². The van der Waals surface area contributed by atoms with Crippen LogP contribution in [0.3, 0.4) is 0 Å². The van der Waals surface area contributed by atoms with Crippen LogP contribution in [-0.4, -0.2) is 32.3 Å². The summed E-state index contributed by atoms with van der Waals surface area (Å²) in [6.07, 6.45) is 0. The van der Waals surface area contributed by atoms with Crippen molar-refractivity contribution in [3.05, 3.63) is 54.6 Å². The van der Waals surface area contributed by atoms with E-state index in [2.05, 4.69) is 15.5 Å². The van der Waals surface area contributed by atoms with Gasteiger partial charge in [0.1, 0.15) is 0 Å². The van der Waals surface area contributed by atoms with Crippen molar-refractivity contribution in [1.29, 1.82) is 0 Å². The SMILES string of the molecule is O=C(Nc1ccccc1)Nc1ccc(N2CCOCC2)cc1. The van der Waals surface area contributed by atoms with Gasteiger partial charge in [-0.1, -0.05) is 18.2 Å². The Morgan fingerprint density at radius 2 is 1.45 bits per heavy atom. The predicted octanol–water partition coefficient (Wildman–Crippen LogP) is 3.17. The van der Waals surface area contributed by atoms with E-state index in [0.29, 0.717) is 0 Å². The highest BCUT2D eigenvalue weighted by Gasteiger charge is 2.11. The molecule has 0 atom stereocenters. The third kappa shape index (κ3) is 3.77. The highest BCUT2D eigenvalue weighted by atomic mass is 16.5. The minimum absolute atomic E-state index is 0.245. The molecule has 0 bridgehead atoms. The number of amides is 2. The highest BCUT2D eigenvalue weighted by Crippen LogP contribution is 2.19. The second-order valence-corrected chi connectivity index (χ2v) is 5.09. The number of carbonyl (C=O) groups excluding carboxylic acids is 1. The molecule has 3 rings (SSSR count). The number of hydrogen-bond donors (Lipinski definition) is 2. The van der Waals surface area contributed by atoms with Crippen LogP contribution in [0.4, 0.5) is 21.9 Å². The van der Waals surface area contributed by atoms with Gasteiger partial charge >= 0.3 is 6.03 Å². The van der Waals surface area contributed by atoms with Crippen LogP contribution in [0.5, 0.6) is 0 Å². The monoisotopic (exact) mass is 297 g/mol. The third-order valence-corrected chi connectivity index (χ3v) is 3.53. The van der Waals surface area contributed by atoms with Gasteiger partial charge in [-0.05, 0) is 36.4 Å². The van der Waals surface area contributed by atoms with E-state index in [9.17, 15) is 4.79 Å². The van der Waals surface area contributed by atoms with E-state index in [-0.39, 0.29) is 6.03 Å². The van der Waals surface area contributed by atoms with E-state index in [1.807, 2.05) is 54.6 Å². The number of benzene rings is 2. The average molecular weight is 297 g/mol. The van der Waals surface area contributed by atoms with Crippen LogP contribution in [0.2, 0.25) is 0 Å². The van der Waals surface area contributed by atoms with Crippen molar-refractivity contribution in [3.63, 3.8) is 0 Å². The maximum atomic E-state index is 11.9. The predicted molar refractivity (Wildman–Crippen MR) is 88.6 cm³/mol. The molecule has 2 N–H and O–H groups in total. The average Bonchev–Trinajstić information content (AvgIpc) is 2.57. The second-order valence-electron chi connectivity index (χ2n) is 5.09. The van der Waals surface area contributed by atoms with Crippen molar-refractivity contribution >= 4 is 23.1 Å². The number of carbonyl (C=O) groups is 1. The number of para-hydroxylation sites is 1. The lowest BCUT2D eigenvalue weighted by Crippen LogP contribution is -2.36. The van der Waals surface area contributed by atoms with Crippen molar-refractivity contribution in [2.45, 2.75) is 0 Å². The first-order valence-corrected chi connectivity index (χ1v) is 7.37. The second kappa shape index (κ2) is 6.95. The molecule has 2 aromatic carbocycles. The zero-order valence-electron chi connectivity index (χ0n) is 12.3. The summed E-state index contributed by atoms with van der Waals surface area (Å²) in [7, 11) is 0. The minimum atomic E-state index is -0.245. The van der Waals surface area contributed by atoms with E-state index < -0.39 is 0 Å². The lowest BCUT2D eigenvalue weighted by atomic mass is 10.2. The first-order chi connectivity index (χ1) is 10.8. The van der Waals surface area contributed by atoms with Gasteiger partial charge in [-0.2, -0.15) is 0 Å². The molecule has 0 aliphatic carbocycles. The first kappa shape index (κ1) is 14.4. The Morgan fingerprint density at radius 1 is 0.864 bits per heavy atom. The molecular weight excluding hydrogens is 278 g/mol. The topological polar surface area (TPSA) is 53.6 Å². The number of urea groups is 1. The summed E-state index contributed by atoms with van der Waals surface area (Å²) in [5.74, 6) is 0. The molecule has 1 fully saturated rings. The van der Waals surface area contributed by atoms with Crippen LogP contribution in [-0.2, 0) is 4.74 Å². The van der Waals surface area contributed by atoms with Crippen LogP contribution < -0.4 is 15.5 Å². The van der Waals surface area contributed by atoms with Gasteiger partial charge in [0.05, 0.1) is 13.2 Å². The third-order valence-electron chi connectivity index (χ3n) is 3.53. The highest BCUT2D eigenvalue weighted by molar-refractivity contribution is 5.99. The Hall–Kier alpha value is -2.53. The van der Waals surface area contributed by atoms with Gasteiger partial charge in [0.15, 0.2) is 0 Å². The zero-order valence-corrected chi connectivity index (χ0v) is 12.3. The van der Waals surface area contributed by atoms with E-state index in [1.165, 1.54) is 0 Å². The quantitative estimate of drug-likeness (QED) is 0.915. The van der Waals surface area contributed by atoms with Crippen molar-refractivity contribution in [2.24, 2.45) is 0 Å². The number of nitrogens with zero attached hydrogens (tertiary/aromatic N) is 1. The zero-order chi connectivity index (χ0) is 15.2. The molecule has 5 nitrogen and oxygen atoms in total. The maximum Gasteiger partial charge on any atom is 0.323 e. The Kier molecular flexibility index (Phi) is 4.56. The van der Waals surface area contributed by atoms with E-state index in [4.69, 9.17) is 4.74 Å². The molecule has 2 aromatic rings. The maximum absolute atomic E-state index is 11.9. The van der Waals surface area contributed by atoms with Gasteiger partial charge in [0.2, 0.25) is 0 Å². The fourth-order valence-electron chi connectivity index (χ4n) is 2.39. The molecule has 0 saturated carbocycles. The van der Waals surface area contributed by atoms with E-state index in [1.54, 1.807) is 0 Å². The van der Waals surface area contributed by atoms with E-state index >= 15 is 0 Å². The summed E-state index contributed by atoms with van der Waals surface area (Å²) in [6.45, 7) is 3.33. The van der Waals surface area contributed by atoms with Crippen molar-refractivity contribution in [2.75, 3.05) is 41.8 Å².